The van der Waals surface area contributed by atoms with Crippen LogP contribution in [0, 0.1) is 11.8 Å². The second kappa shape index (κ2) is 5.15. The Balaban J connectivity index is 1.79. The van der Waals surface area contributed by atoms with Gasteiger partial charge < -0.3 is 15.4 Å². The molecule has 92 valence electrons. The first kappa shape index (κ1) is 11.9. The lowest BCUT2D eigenvalue weighted by Crippen LogP contribution is -2.40. The molecule has 0 aromatic carbocycles. The van der Waals surface area contributed by atoms with E-state index in [2.05, 4.69) is 17.6 Å². The third-order valence-electron chi connectivity index (χ3n) is 3.92. The van der Waals surface area contributed by atoms with Gasteiger partial charge in [0.25, 0.3) is 0 Å². The molecule has 4 heteroatoms. The molecule has 0 aromatic heterocycles. The summed E-state index contributed by atoms with van der Waals surface area (Å²) in [6.07, 6.45) is 3.43. The van der Waals surface area contributed by atoms with Gasteiger partial charge in [-0.1, -0.05) is 6.92 Å². The number of amides is 1. The van der Waals surface area contributed by atoms with Gasteiger partial charge in [0.2, 0.25) is 5.91 Å². The molecule has 2 rings (SSSR count). The lowest BCUT2D eigenvalue weighted by molar-refractivity contribution is -0.126. The molecule has 1 heterocycles. The van der Waals surface area contributed by atoms with Crippen molar-refractivity contribution in [2.45, 2.75) is 38.3 Å². The van der Waals surface area contributed by atoms with Crippen LogP contribution in [0.2, 0.25) is 0 Å². The van der Waals surface area contributed by atoms with Crippen LogP contribution in [-0.2, 0) is 9.53 Å². The summed E-state index contributed by atoms with van der Waals surface area (Å²) in [6.45, 7) is 3.92. The Labute approximate surface area is 97.1 Å². The number of carbonyl (C=O) groups is 1. The zero-order valence-electron chi connectivity index (χ0n) is 10.2. The van der Waals surface area contributed by atoms with Gasteiger partial charge in [-0.05, 0) is 31.7 Å². The molecule has 0 aromatic rings. The summed E-state index contributed by atoms with van der Waals surface area (Å²) >= 11 is 0. The van der Waals surface area contributed by atoms with Gasteiger partial charge in [0.05, 0.1) is 12.0 Å². The van der Waals surface area contributed by atoms with Crippen LogP contribution in [0.4, 0.5) is 0 Å². The fourth-order valence-electron chi connectivity index (χ4n) is 2.75. The molecule has 2 N–H and O–H groups in total. The van der Waals surface area contributed by atoms with E-state index in [0.29, 0.717) is 18.1 Å². The van der Waals surface area contributed by atoms with Crippen molar-refractivity contribution in [3.63, 3.8) is 0 Å². The van der Waals surface area contributed by atoms with Crippen molar-refractivity contribution in [1.82, 2.24) is 10.6 Å². The molecule has 1 aliphatic heterocycles. The van der Waals surface area contributed by atoms with Gasteiger partial charge in [-0.3, -0.25) is 4.79 Å². The van der Waals surface area contributed by atoms with Crippen molar-refractivity contribution in [3.05, 3.63) is 0 Å². The summed E-state index contributed by atoms with van der Waals surface area (Å²) in [5, 5.41) is 6.42. The number of ether oxygens (including phenoxy) is 1. The molecule has 16 heavy (non-hydrogen) atoms. The van der Waals surface area contributed by atoms with E-state index in [1.807, 2.05) is 0 Å². The second-order valence-corrected chi connectivity index (χ2v) is 5.12. The van der Waals surface area contributed by atoms with E-state index >= 15 is 0 Å². The largest absolute Gasteiger partial charge is 0.381 e. The Morgan fingerprint density at radius 3 is 2.75 bits per heavy atom. The van der Waals surface area contributed by atoms with Gasteiger partial charge in [-0.25, -0.2) is 0 Å². The van der Waals surface area contributed by atoms with Crippen molar-refractivity contribution in [3.8, 4) is 0 Å². The van der Waals surface area contributed by atoms with Crippen LogP contribution in [0.5, 0.6) is 0 Å². The summed E-state index contributed by atoms with van der Waals surface area (Å²) in [6, 6.07) is 0.324. The monoisotopic (exact) mass is 226 g/mol. The van der Waals surface area contributed by atoms with Gasteiger partial charge in [0.1, 0.15) is 0 Å². The molecule has 2 fully saturated rings. The van der Waals surface area contributed by atoms with Crippen LogP contribution in [0.1, 0.15) is 26.2 Å². The maximum atomic E-state index is 12.0. The summed E-state index contributed by atoms with van der Waals surface area (Å²) in [5.74, 6) is 0.834. The van der Waals surface area contributed by atoms with Crippen LogP contribution < -0.4 is 10.6 Å². The minimum absolute atomic E-state index is 0.154. The highest BCUT2D eigenvalue weighted by Crippen LogP contribution is 2.23. The molecule has 0 spiro atoms. The quantitative estimate of drug-likeness (QED) is 0.738. The number of nitrogens with one attached hydrogen (secondary N) is 2. The van der Waals surface area contributed by atoms with Crippen molar-refractivity contribution in [2.24, 2.45) is 11.8 Å². The van der Waals surface area contributed by atoms with Gasteiger partial charge in [0.15, 0.2) is 0 Å². The summed E-state index contributed by atoms with van der Waals surface area (Å²) in [5.41, 5.74) is 0. The molecule has 4 atom stereocenters. The average Bonchev–Trinajstić information content (AvgIpc) is 2.86. The van der Waals surface area contributed by atoms with Crippen molar-refractivity contribution >= 4 is 5.91 Å². The predicted molar refractivity (Wildman–Crippen MR) is 62.1 cm³/mol. The first-order valence-corrected chi connectivity index (χ1v) is 6.24. The predicted octanol–water partition coefficient (Wildman–Crippen LogP) is 0.526. The first-order chi connectivity index (χ1) is 7.70. The highest BCUT2D eigenvalue weighted by molar-refractivity contribution is 5.79. The fourth-order valence-corrected chi connectivity index (χ4v) is 2.75. The summed E-state index contributed by atoms with van der Waals surface area (Å²) < 4.78 is 5.31. The van der Waals surface area contributed by atoms with E-state index in [-0.39, 0.29) is 11.8 Å². The van der Waals surface area contributed by atoms with E-state index in [9.17, 15) is 4.79 Å². The van der Waals surface area contributed by atoms with Gasteiger partial charge in [0, 0.05) is 19.7 Å². The number of carbonyl (C=O) groups excluding carboxylic acids is 1. The lowest BCUT2D eigenvalue weighted by Gasteiger charge is -2.18. The average molecular weight is 226 g/mol. The number of hydrogen-bond acceptors (Lipinski definition) is 3. The molecular weight excluding hydrogens is 204 g/mol. The molecule has 0 bridgehead atoms. The number of hydrogen-bond donors (Lipinski definition) is 2. The van der Waals surface area contributed by atoms with Crippen LogP contribution >= 0.6 is 0 Å². The van der Waals surface area contributed by atoms with Crippen LogP contribution in [0.3, 0.4) is 0 Å². The van der Waals surface area contributed by atoms with E-state index in [4.69, 9.17) is 4.74 Å². The molecule has 4 unspecified atom stereocenters. The molecule has 2 aliphatic rings. The van der Waals surface area contributed by atoms with Gasteiger partial charge in [-0.2, -0.15) is 0 Å². The van der Waals surface area contributed by atoms with E-state index in [0.717, 1.165) is 32.4 Å². The van der Waals surface area contributed by atoms with E-state index in [1.54, 1.807) is 7.11 Å². The first-order valence-electron chi connectivity index (χ1n) is 6.24. The molecular formula is C12H22N2O2. The normalized spacial score (nSPS) is 38.9. The van der Waals surface area contributed by atoms with Crippen LogP contribution in [0.15, 0.2) is 0 Å². The fraction of sp³-hybridized carbons (Fsp3) is 0.917. The Hall–Kier alpha value is -0.610. The Kier molecular flexibility index (Phi) is 3.82. The third-order valence-corrected chi connectivity index (χ3v) is 3.92. The molecule has 0 radical (unpaired) electrons. The topological polar surface area (TPSA) is 50.4 Å². The SMILES string of the molecule is COC1CCC(NC(=O)C2CNCC2C)C1. The highest BCUT2D eigenvalue weighted by atomic mass is 16.5. The molecule has 1 saturated carbocycles. The maximum absolute atomic E-state index is 12.0. The maximum Gasteiger partial charge on any atom is 0.224 e. The van der Waals surface area contributed by atoms with Crippen molar-refractivity contribution in [2.75, 3.05) is 20.2 Å². The van der Waals surface area contributed by atoms with Crippen molar-refractivity contribution in [1.29, 1.82) is 0 Å². The van der Waals surface area contributed by atoms with Crippen LogP contribution in [-0.4, -0.2) is 38.3 Å². The number of rotatable bonds is 3. The minimum atomic E-state index is 0.154. The second-order valence-electron chi connectivity index (χ2n) is 5.12. The standard InChI is InChI=1S/C12H22N2O2/c1-8-6-13-7-11(8)12(15)14-9-3-4-10(5-9)16-2/h8-11,13H,3-7H2,1-2H3,(H,14,15). The Bertz CT molecular complexity index is 257. The molecule has 1 saturated heterocycles. The Morgan fingerprint density at radius 2 is 2.19 bits per heavy atom. The highest BCUT2D eigenvalue weighted by Gasteiger charge is 2.32. The van der Waals surface area contributed by atoms with Crippen molar-refractivity contribution < 1.29 is 9.53 Å². The summed E-state index contributed by atoms with van der Waals surface area (Å²) in [7, 11) is 1.75. The summed E-state index contributed by atoms with van der Waals surface area (Å²) in [4.78, 5) is 12.0. The minimum Gasteiger partial charge on any atom is -0.381 e. The van der Waals surface area contributed by atoms with Gasteiger partial charge >= 0.3 is 0 Å². The number of methoxy groups -OCH3 is 1. The van der Waals surface area contributed by atoms with Gasteiger partial charge in [-0.15, -0.1) is 0 Å². The zero-order valence-corrected chi connectivity index (χ0v) is 10.2. The lowest BCUT2D eigenvalue weighted by atomic mass is 9.97. The van der Waals surface area contributed by atoms with E-state index in [1.165, 1.54) is 0 Å². The molecule has 4 nitrogen and oxygen atoms in total. The third kappa shape index (κ3) is 2.55. The van der Waals surface area contributed by atoms with E-state index < -0.39 is 0 Å². The van der Waals surface area contributed by atoms with Crippen LogP contribution in [0.25, 0.3) is 0 Å². The Morgan fingerprint density at radius 1 is 1.38 bits per heavy atom. The smallest absolute Gasteiger partial charge is 0.224 e. The molecule has 1 amide bonds. The zero-order chi connectivity index (χ0) is 11.5. The molecule has 1 aliphatic carbocycles.